The summed E-state index contributed by atoms with van der Waals surface area (Å²) in [5, 5.41) is 0. The van der Waals surface area contributed by atoms with Crippen LogP contribution in [-0.2, 0) is 10.0 Å². The normalized spacial score (nSPS) is 21.3. The largest absolute Gasteiger partial charge is 0.336 e. The van der Waals surface area contributed by atoms with Crippen LogP contribution in [0, 0.1) is 5.92 Å². The van der Waals surface area contributed by atoms with Crippen LogP contribution in [0.1, 0.15) is 23.7 Å². The topological polar surface area (TPSA) is 92.5 Å². The number of nitrogens with zero attached hydrogens (tertiary/aromatic N) is 1. The summed E-state index contributed by atoms with van der Waals surface area (Å²) < 4.78 is 24.7. The number of carbonyl (C=O) groups excluding carboxylic acids is 1. The molecule has 1 amide bonds. The lowest BCUT2D eigenvalue weighted by Crippen LogP contribution is -2.34. The van der Waals surface area contributed by atoms with E-state index < -0.39 is 10.0 Å². The van der Waals surface area contributed by atoms with Gasteiger partial charge in [-0.05, 0) is 50.1 Å². The summed E-state index contributed by atoms with van der Waals surface area (Å²) in [5.41, 5.74) is 6.67. The number of sulfonamides is 1. The number of nitrogens with one attached hydrogen (secondary N) is 1. The number of likely N-dealkylation sites (tertiary alicyclic amines) is 1. The van der Waals surface area contributed by atoms with Crippen LogP contribution >= 0.6 is 12.4 Å². The van der Waals surface area contributed by atoms with E-state index in [4.69, 9.17) is 5.73 Å². The van der Waals surface area contributed by atoms with Crippen molar-refractivity contribution in [1.82, 2.24) is 4.90 Å². The fourth-order valence-corrected chi connectivity index (χ4v) is 3.22. The van der Waals surface area contributed by atoms with E-state index in [0.29, 0.717) is 30.3 Å². The Labute approximate surface area is 137 Å². The van der Waals surface area contributed by atoms with Crippen molar-refractivity contribution in [3.05, 3.63) is 29.8 Å². The smallest absolute Gasteiger partial charge is 0.254 e. The van der Waals surface area contributed by atoms with Gasteiger partial charge in [0.05, 0.1) is 6.26 Å². The van der Waals surface area contributed by atoms with Gasteiger partial charge in [0.2, 0.25) is 10.0 Å². The van der Waals surface area contributed by atoms with E-state index in [1.165, 1.54) is 0 Å². The lowest BCUT2D eigenvalue weighted by Gasteiger charge is -2.21. The minimum Gasteiger partial charge on any atom is -0.336 e. The number of halogens is 1. The minimum absolute atomic E-state index is 0. The van der Waals surface area contributed by atoms with Crippen molar-refractivity contribution < 1.29 is 13.2 Å². The van der Waals surface area contributed by atoms with Gasteiger partial charge in [-0.3, -0.25) is 9.52 Å². The molecule has 8 heteroatoms. The van der Waals surface area contributed by atoms with E-state index in [1.807, 2.05) is 11.8 Å². The number of hydrogen-bond donors (Lipinski definition) is 2. The number of anilines is 1. The number of hydrogen-bond acceptors (Lipinski definition) is 4. The molecule has 0 spiro atoms. The zero-order valence-electron chi connectivity index (χ0n) is 12.7. The van der Waals surface area contributed by atoms with E-state index in [0.717, 1.165) is 12.7 Å². The monoisotopic (exact) mass is 347 g/mol. The molecule has 1 aliphatic heterocycles. The Balaban J connectivity index is 0.00000242. The molecule has 1 saturated heterocycles. The quantitative estimate of drug-likeness (QED) is 0.858. The maximum atomic E-state index is 12.5. The van der Waals surface area contributed by atoms with Gasteiger partial charge in [0.1, 0.15) is 0 Å². The van der Waals surface area contributed by atoms with Gasteiger partial charge in [-0.2, -0.15) is 0 Å². The third kappa shape index (κ3) is 4.59. The van der Waals surface area contributed by atoms with Crippen molar-refractivity contribution in [3.8, 4) is 0 Å². The van der Waals surface area contributed by atoms with E-state index in [1.54, 1.807) is 24.3 Å². The van der Waals surface area contributed by atoms with Crippen LogP contribution in [0.15, 0.2) is 24.3 Å². The summed E-state index contributed by atoms with van der Waals surface area (Å²) in [6.07, 6.45) is 2.01. The first-order valence-corrected chi connectivity index (χ1v) is 8.78. The van der Waals surface area contributed by atoms with Crippen molar-refractivity contribution >= 4 is 34.0 Å². The molecule has 1 aromatic carbocycles. The van der Waals surface area contributed by atoms with Crippen LogP contribution in [0.3, 0.4) is 0 Å². The van der Waals surface area contributed by atoms with E-state index in [2.05, 4.69) is 4.72 Å². The summed E-state index contributed by atoms with van der Waals surface area (Å²) in [5.74, 6) is 0.319. The van der Waals surface area contributed by atoms with Gasteiger partial charge in [-0.1, -0.05) is 0 Å². The molecule has 1 fully saturated rings. The molecule has 22 heavy (non-hydrogen) atoms. The van der Waals surface area contributed by atoms with Crippen LogP contribution in [-0.4, -0.2) is 44.6 Å². The number of benzene rings is 1. The number of rotatable bonds is 4. The average Bonchev–Trinajstić information content (AvgIpc) is 2.78. The zero-order valence-corrected chi connectivity index (χ0v) is 14.3. The second-order valence-electron chi connectivity index (χ2n) is 5.60. The van der Waals surface area contributed by atoms with Crippen molar-refractivity contribution in [2.75, 3.05) is 24.1 Å². The molecule has 0 aromatic heterocycles. The Hall–Kier alpha value is -1.31. The van der Waals surface area contributed by atoms with Gasteiger partial charge in [0, 0.05) is 23.8 Å². The first-order chi connectivity index (χ1) is 9.80. The van der Waals surface area contributed by atoms with Gasteiger partial charge < -0.3 is 10.6 Å². The molecule has 0 saturated carbocycles. The lowest BCUT2D eigenvalue weighted by atomic mass is 10.1. The molecule has 124 valence electrons. The van der Waals surface area contributed by atoms with Gasteiger partial charge >= 0.3 is 0 Å². The Bertz CT molecular complexity index is 619. The molecule has 0 radical (unpaired) electrons. The number of carbonyl (C=O) groups is 1. The highest BCUT2D eigenvalue weighted by atomic mass is 35.5. The third-order valence-corrected chi connectivity index (χ3v) is 4.30. The zero-order chi connectivity index (χ0) is 15.6. The first-order valence-electron chi connectivity index (χ1n) is 6.89. The van der Waals surface area contributed by atoms with Crippen molar-refractivity contribution in [3.63, 3.8) is 0 Å². The predicted molar refractivity (Wildman–Crippen MR) is 89.8 cm³/mol. The van der Waals surface area contributed by atoms with Crippen molar-refractivity contribution in [2.45, 2.75) is 19.4 Å². The van der Waals surface area contributed by atoms with Crippen LogP contribution < -0.4 is 10.5 Å². The standard InChI is InChI=1S/C14H21N3O3S.ClH/c1-10-7-11(8-15)9-17(10)14(18)12-3-5-13(6-4-12)16-21(2,19)20;/h3-6,10-11,16H,7-9,15H2,1-2H3;1H. The Morgan fingerprint density at radius 2 is 1.95 bits per heavy atom. The summed E-state index contributed by atoms with van der Waals surface area (Å²) in [6.45, 7) is 3.29. The molecule has 6 nitrogen and oxygen atoms in total. The highest BCUT2D eigenvalue weighted by Gasteiger charge is 2.31. The average molecular weight is 348 g/mol. The fraction of sp³-hybridized carbons (Fsp3) is 0.500. The first kappa shape index (κ1) is 18.7. The predicted octanol–water partition coefficient (Wildman–Crippen LogP) is 1.29. The molecule has 2 rings (SSSR count). The summed E-state index contributed by atoms with van der Waals surface area (Å²) >= 11 is 0. The third-order valence-electron chi connectivity index (χ3n) is 3.69. The summed E-state index contributed by atoms with van der Waals surface area (Å²) in [4.78, 5) is 14.3. The van der Waals surface area contributed by atoms with Gasteiger partial charge in [-0.15, -0.1) is 12.4 Å². The van der Waals surface area contributed by atoms with Crippen molar-refractivity contribution in [2.24, 2.45) is 11.7 Å². The van der Waals surface area contributed by atoms with Crippen LogP contribution in [0.25, 0.3) is 0 Å². The van der Waals surface area contributed by atoms with Crippen molar-refractivity contribution in [1.29, 1.82) is 0 Å². The van der Waals surface area contributed by atoms with Gasteiger partial charge in [0.15, 0.2) is 0 Å². The fourth-order valence-electron chi connectivity index (χ4n) is 2.66. The highest BCUT2D eigenvalue weighted by molar-refractivity contribution is 7.92. The second kappa shape index (κ2) is 7.30. The Morgan fingerprint density at radius 3 is 2.41 bits per heavy atom. The molecule has 2 unspecified atom stereocenters. The molecule has 1 heterocycles. The van der Waals surface area contributed by atoms with E-state index in [9.17, 15) is 13.2 Å². The SMILES string of the molecule is CC1CC(CN)CN1C(=O)c1ccc(NS(C)(=O)=O)cc1.Cl. The molecular weight excluding hydrogens is 326 g/mol. The van der Waals surface area contributed by atoms with E-state index in [-0.39, 0.29) is 24.4 Å². The van der Waals surface area contributed by atoms with Crippen LogP contribution in [0.5, 0.6) is 0 Å². The molecule has 1 aliphatic rings. The van der Waals surface area contributed by atoms with E-state index >= 15 is 0 Å². The van der Waals surface area contributed by atoms with Crippen LogP contribution in [0.2, 0.25) is 0 Å². The van der Waals surface area contributed by atoms with Crippen LogP contribution in [0.4, 0.5) is 5.69 Å². The molecule has 0 aliphatic carbocycles. The van der Waals surface area contributed by atoms with Gasteiger partial charge in [0.25, 0.3) is 5.91 Å². The summed E-state index contributed by atoms with van der Waals surface area (Å²) in [6, 6.07) is 6.64. The molecule has 1 aromatic rings. The molecular formula is C14H22ClN3O3S. The minimum atomic E-state index is -3.30. The number of amides is 1. The lowest BCUT2D eigenvalue weighted by molar-refractivity contribution is 0.0743. The molecule has 3 N–H and O–H groups in total. The Kier molecular flexibility index (Phi) is 6.22. The second-order valence-corrected chi connectivity index (χ2v) is 7.34. The number of nitrogens with two attached hydrogens (primary N) is 1. The summed E-state index contributed by atoms with van der Waals surface area (Å²) in [7, 11) is -3.30. The molecule has 0 bridgehead atoms. The molecule has 2 atom stereocenters. The highest BCUT2D eigenvalue weighted by Crippen LogP contribution is 2.24. The maximum absolute atomic E-state index is 12.5. The Morgan fingerprint density at radius 1 is 1.36 bits per heavy atom. The maximum Gasteiger partial charge on any atom is 0.254 e. The van der Waals surface area contributed by atoms with Gasteiger partial charge in [-0.25, -0.2) is 8.42 Å².